The molecule has 0 bridgehead atoms. The highest BCUT2D eigenvalue weighted by atomic mass is 16.5. The highest BCUT2D eigenvalue weighted by molar-refractivity contribution is 6.51. The molecule has 1 saturated heterocycles. The number of ether oxygens (including phenoxy) is 1. The number of hydrogen-bond donors (Lipinski definition) is 1. The zero-order valence-corrected chi connectivity index (χ0v) is 20.1. The molecule has 34 heavy (non-hydrogen) atoms. The van der Waals surface area contributed by atoms with Crippen LogP contribution in [0.2, 0.25) is 0 Å². The van der Waals surface area contributed by atoms with Crippen molar-refractivity contribution in [1.82, 2.24) is 0 Å². The average molecular weight is 456 g/mol. The monoisotopic (exact) mass is 455 g/mol. The van der Waals surface area contributed by atoms with E-state index < -0.39 is 17.7 Å². The summed E-state index contributed by atoms with van der Waals surface area (Å²) in [4.78, 5) is 28.2. The molecule has 5 heteroatoms. The van der Waals surface area contributed by atoms with E-state index >= 15 is 0 Å². The van der Waals surface area contributed by atoms with Gasteiger partial charge in [0.05, 0.1) is 24.3 Å². The molecule has 1 aliphatic heterocycles. The van der Waals surface area contributed by atoms with Crippen molar-refractivity contribution < 1.29 is 19.4 Å². The van der Waals surface area contributed by atoms with Crippen LogP contribution in [0, 0.1) is 6.92 Å². The van der Waals surface area contributed by atoms with E-state index in [-0.39, 0.29) is 16.7 Å². The number of para-hydroxylation sites is 1. The zero-order chi connectivity index (χ0) is 24.6. The molecule has 0 spiro atoms. The van der Waals surface area contributed by atoms with Crippen LogP contribution < -0.4 is 9.64 Å². The van der Waals surface area contributed by atoms with Gasteiger partial charge in [-0.2, -0.15) is 0 Å². The van der Waals surface area contributed by atoms with E-state index in [9.17, 15) is 14.7 Å². The summed E-state index contributed by atoms with van der Waals surface area (Å²) in [6.45, 7) is 8.16. The van der Waals surface area contributed by atoms with Crippen LogP contribution in [0.15, 0.2) is 78.4 Å². The minimum absolute atomic E-state index is 0.0452. The van der Waals surface area contributed by atoms with Crippen LogP contribution in [-0.2, 0) is 15.0 Å². The predicted octanol–water partition coefficient (Wildman–Crippen LogP) is 5.93. The minimum Gasteiger partial charge on any atom is -0.507 e. The Balaban J connectivity index is 2.00. The largest absolute Gasteiger partial charge is 0.507 e. The van der Waals surface area contributed by atoms with Crippen LogP contribution >= 0.6 is 0 Å². The Bertz CT molecular complexity index is 1280. The van der Waals surface area contributed by atoms with E-state index in [0.717, 1.165) is 16.7 Å². The number of carbonyl (C=O) groups excluding carboxylic acids is 2. The SMILES string of the molecule is COc1ccc(C(C)(C)C)cc1/C(O)=C1\C(=O)C(=O)N(c2ccccc2)C1c1cccc(C)c1. The van der Waals surface area contributed by atoms with Gasteiger partial charge in [0, 0.05) is 5.69 Å². The third-order valence-electron chi connectivity index (χ3n) is 6.16. The molecular formula is C29H29NO4. The number of carbonyl (C=O) groups is 2. The predicted molar refractivity (Wildman–Crippen MR) is 134 cm³/mol. The Labute approximate surface area is 200 Å². The van der Waals surface area contributed by atoms with Crippen molar-refractivity contribution in [2.45, 2.75) is 39.2 Å². The molecule has 0 aromatic heterocycles. The second-order valence-corrected chi connectivity index (χ2v) is 9.58. The molecule has 0 aliphatic carbocycles. The third-order valence-corrected chi connectivity index (χ3v) is 6.16. The van der Waals surface area contributed by atoms with Gasteiger partial charge in [0.25, 0.3) is 11.7 Å². The number of nitrogens with zero attached hydrogens (tertiary/aromatic N) is 1. The van der Waals surface area contributed by atoms with Gasteiger partial charge in [0.15, 0.2) is 0 Å². The number of hydrogen-bond acceptors (Lipinski definition) is 4. The number of amides is 1. The highest BCUT2D eigenvalue weighted by Crippen LogP contribution is 2.43. The van der Waals surface area contributed by atoms with Crippen LogP contribution in [0.3, 0.4) is 0 Å². The van der Waals surface area contributed by atoms with Crippen molar-refractivity contribution in [2.24, 2.45) is 0 Å². The number of aliphatic hydroxyl groups is 1. The van der Waals surface area contributed by atoms with Gasteiger partial charge >= 0.3 is 0 Å². The van der Waals surface area contributed by atoms with Crippen LogP contribution in [0.25, 0.3) is 5.76 Å². The van der Waals surface area contributed by atoms with Crippen LogP contribution in [0.4, 0.5) is 5.69 Å². The fourth-order valence-electron chi connectivity index (χ4n) is 4.35. The Kier molecular flexibility index (Phi) is 6.05. The van der Waals surface area contributed by atoms with Gasteiger partial charge < -0.3 is 9.84 Å². The van der Waals surface area contributed by atoms with E-state index in [1.807, 2.05) is 61.5 Å². The molecular weight excluding hydrogens is 426 g/mol. The van der Waals surface area contributed by atoms with Gasteiger partial charge in [-0.05, 0) is 47.7 Å². The summed E-state index contributed by atoms with van der Waals surface area (Å²) < 4.78 is 5.52. The van der Waals surface area contributed by atoms with E-state index in [2.05, 4.69) is 20.8 Å². The summed E-state index contributed by atoms with van der Waals surface area (Å²) >= 11 is 0. The van der Waals surface area contributed by atoms with Crippen LogP contribution in [-0.4, -0.2) is 23.9 Å². The number of ketones is 1. The van der Waals surface area contributed by atoms with Crippen molar-refractivity contribution in [2.75, 3.05) is 12.0 Å². The maximum Gasteiger partial charge on any atom is 0.300 e. The van der Waals surface area contributed by atoms with Crippen molar-refractivity contribution in [3.8, 4) is 5.75 Å². The maximum absolute atomic E-state index is 13.4. The summed E-state index contributed by atoms with van der Waals surface area (Å²) in [6, 6.07) is 21.5. The fourth-order valence-corrected chi connectivity index (χ4v) is 4.35. The second-order valence-electron chi connectivity index (χ2n) is 9.58. The standard InChI is InChI=1S/C29H29NO4/c1-18-10-9-11-19(16-18)25-24(27(32)28(33)30(25)21-12-7-6-8-13-21)26(31)22-17-20(29(2,3)4)14-15-23(22)34-5/h6-17,25,31H,1-5H3/b26-24+. The Morgan fingerprint density at radius 1 is 0.941 bits per heavy atom. The Morgan fingerprint density at radius 2 is 1.65 bits per heavy atom. The van der Waals surface area contributed by atoms with E-state index in [1.54, 1.807) is 18.2 Å². The molecule has 0 radical (unpaired) electrons. The van der Waals surface area contributed by atoms with Crippen molar-refractivity contribution in [3.05, 3.63) is 101 Å². The molecule has 1 amide bonds. The molecule has 1 heterocycles. The lowest BCUT2D eigenvalue weighted by Gasteiger charge is -2.26. The number of Topliss-reactive ketones (excluding diaryl/α,β-unsaturated/α-hetero) is 1. The molecule has 5 nitrogen and oxygen atoms in total. The fraction of sp³-hybridized carbons (Fsp3) is 0.241. The number of benzene rings is 3. The number of rotatable bonds is 4. The first-order chi connectivity index (χ1) is 16.1. The first-order valence-electron chi connectivity index (χ1n) is 11.2. The molecule has 3 aromatic rings. The first kappa shape index (κ1) is 23.3. The molecule has 0 saturated carbocycles. The average Bonchev–Trinajstić information content (AvgIpc) is 3.08. The number of methoxy groups -OCH3 is 1. The second kappa shape index (κ2) is 8.82. The maximum atomic E-state index is 13.4. The Morgan fingerprint density at radius 3 is 2.26 bits per heavy atom. The molecule has 1 aliphatic rings. The van der Waals surface area contributed by atoms with Gasteiger partial charge in [-0.1, -0.05) is 74.9 Å². The van der Waals surface area contributed by atoms with Gasteiger partial charge in [-0.15, -0.1) is 0 Å². The lowest BCUT2D eigenvalue weighted by atomic mass is 9.85. The molecule has 1 fully saturated rings. The summed E-state index contributed by atoms with van der Waals surface area (Å²) in [7, 11) is 1.52. The van der Waals surface area contributed by atoms with Crippen LogP contribution in [0.5, 0.6) is 5.75 Å². The zero-order valence-electron chi connectivity index (χ0n) is 20.1. The van der Waals surface area contributed by atoms with Gasteiger partial charge in [0.2, 0.25) is 0 Å². The molecule has 174 valence electrons. The van der Waals surface area contributed by atoms with Crippen molar-refractivity contribution in [3.63, 3.8) is 0 Å². The Hall–Kier alpha value is -3.86. The molecule has 1 unspecified atom stereocenters. The topological polar surface area (TPSA) is 66.8 Å². The van der Waals surface area contributed by atoms with E-state index in [4.69, 9.17) is 4.74 Å². The van der Waals surface area contributed by atoms with Gasteiger partial charge in [0.1, 0.15) is 11.5 Å². The molecule has 4 rings (SSSR count). The van der Waals surface area contributed by atoms with Gasteiger partial charge in [-0.25, -0.2) is 0 Å². The molecule has 1 atom stereocenters. The summed E-state index contributed by atoms with van der Waals surface area (Å²) in [5, 5.41) is 11.6. The summed E-state index contributed by atoms with van der Waals surface area (Å²) in [5.41, 5.74) is 3.54. The summed E-state index contributed by atoms with van der Waals surface area (Å²) in [5.74, 6) is -1.22. The van der Waals surface area contributed by atoms with Crippen molar-refractivity contribution >= 4 is 23.1 Å². The number of aliphatic hydroxyl groups excluding tert-OH is 1. The number of anilines is 1. The van der Waals surface area contributed by atoms with Crippen LogP contribution in [0.1, 0.15) is 49.1 Å². The lowest BCUT2D eigenvalue weighted by Crippen LogP contribution is -2.29. The highest BCUT2D eigenvalue weighted by Gasteiger charge is 2.47. The normalized spacial score (nSPS) is 17.8. The summed E-state index contributed by atoms with van der Waals surface area (Å²) in [6.07, 6.45) is 0. The smallest absolute Gasteiger partial charge is 0.300 e. The molecule has 3 aromatic carbocycles. The quantitative estimate of drug-likeness (QED) is 0.301. The number of aryl methyl sites for hydroxylation is 1. The first-order valence-corrected chi connectivity index (χ1v) is 11.2. The lowest BCUT2D eigenvalue weighted by molar-refractivity contribution is -0.132. The van der Waals surface area contributed by atoms with Crippen molar-refractivity contribution in [1.29, 1.82) is 0 Å². The molecule has 1 N–H and O–H groups in total. The minimum atomic E-state index is -0.773. The third kappa shape index (κ3) is 4.10. The van der Waals surface area contributed by atoms with Gasteiger partial charge in [-0.3, -0.25) is 14.5 Å². The van der Waals surface area contributed by atoms with E-state index in [0.29, 0.717) is 17.0 Å². The van der Waals surface area contributed by atoms with E-state index in [1.165, 1.54) is 12.0 Å².